The van der Waals surface area contributed by atoms with Crippen molar-refractivity contribution in [1.82, 2.24) is 15.2 Å². The number of morpholine rings is 1. The van der Waals surface area contributed by atoms with E-state index in [1.54, 1.807) is 24.5 Å². The first kappa shape index (κ1) is 17.4. The average Bonchev–Trinajstić information content (AvgIpc) is 2.63. The van der Waals surface area contributed by atoms with Gasteiger partial charge in [0.05, 0.1) is 30.6 Å². The van der Waals surface area contributed by atoms with Crippen LogP contribution in [0.5, 0.6) is 0 Å². The second-order valence-electron chi connectivity index (χ2n) is 6.26. The molecular formula is C19H24N4O2. The molecule has 2 aromatic rings. The quantitative estimate of drug-likeness (QED) is 0.878. The van der Waals surface area contributed by atoms with Crippen LogP contribution in [0.4, 0.5) is 10.5 Å². The molecule has 1 aliphatic heterocycles. The van der Waals surface area contributed by atoms with E-state index in [1.807, 2.05) is 13.0 Å². The zero-order chi connectivity index (χ0) is 17.5. The van der Waals surface area contributed by atoms with E-state index in [0.717, 1.165) is 19.6 Å². The monoisotopic (exact) mass is 340 g/mol. The second-order valence-corrected chi connectivity index (χ2v) is 6.26. The van der Waals surface area contributed by atoms with E-state index in [9.17, 15) is 4.79 Å². The number of urea groups is 1. The van der Waals surface area contributed by atoms with Crippen molar-refractivity contribution in [2.75, 3.05) is 25.0 Å². The summed E-state index contributed by atoms with van der Waals surface area (Å²) in [5.41, 5.74) is 1.96. The number of nitrogens with one attached hydrogen (secondary N) is 2. The lowest BCUT2D eigenvalue weighted by molar-refractivity contribution is -0.0440. The first-order valence-electron chi connectivity index (χ1n) is 8.56. The highest BCUT2D eigenvalue weighted by molar-refractivity contribution is 5.89. The van der Waals surface area contributed by atoms with Crippen LogP contribution in [0.3, 0.4) is 0 Å². The molecule has 6 nitrogen and oxygen atoms in total. The molecule has 0 bridgehead atoms. The van der Waals surface area contributed by atoms with Gasteiger partial charge in [0, 0.05) is 25.8 Å². The van der Waals surface area contributed by atoms with E-state index >= 15 is 0 Å². The number of anilines is 1. The molecule has 0 spiro atoms. The molecule has 3 rings (SSSR count). The number of pyridine rings is 1. The lowest BCUT2D eigenvalue weighted by Gasteiger charge is -2.36. The molecule has 0 radical (unpaired) electrons. The minimum absolute atomic E-state index is 0.0305. The average molecular weight is 340 g/mol. The minimum atomic E-state index is -0.246. The molecule has 0 unspecified atom stereocenters. The van der Waals surface area contributed by atoms with Crippen LogP contribution in [0.2, 0.25) is 0 Å². The highest BCUT2D eigenvalue weighted by Crippen LogP contribution is 2.13. The Hall–Kier alpha value is -2.44. The summed E-state index contributed by atoms with van der Waals surface area (Å²) in [6, 6.07) is 13.7. The van der Waals surface area contributed by atoms with Gasteiger partial charge in [0.2, 0.25) is 0 Å². The lowest BCUT2D eigenvalue weighted by atomic mass is 10.1. The normalized spacial score (nSPS) is 19.2. The number of ether oxygens (including phenoxy) is 1. The Labute approximate surface area is 148 Å². The summed E-state index contributed by atoms with van der Waals surface area (Å²) in [6.07, 6.45) is 3.25. The van der Waals surface area contributed by atoms with E-state index in [0.29, 0.717) is 12.3 Å². The smallest absolute Gasteiger partial charge is 0.319 e. The Morgan fingerprint density at radius 3 is 2.92 bits per heavy atom. The Morgan fingerprint density at radius 1 is 1.32 bits per heavy atom. The van der Waals surface area contributed by atoms with Crippen molar-refractivity contribution in [3.05, 3.63) is 60.4 Å². The predicted molar refractivity (Wildman–Crippen MR) is 97.3 cm³/mol. The molecule has 1 aromatic carbocycles. The molecule has 0 saturated carbocycles. The van der Waals surface area contributed by atoms with Crippen LogP contribution < -0.4 is 10.6 Å². The minimum Gasteiger partial charge on any atom is -0.373 e. The number of hydrogen-bond acceptors (Lipinski definition) is 4. The zero-order valence-electron chi connectivity index (χ0n) is 14.4. The van der Waals surface area contributed by atoms with Crippen LogP contribution in [-0.2, 0) is 11.3 Å². The summed E-state index contributed by atoms with van der Waals surface area (Å²) in [7, 11) is 0. The predicted octanol–water partition coefficient (Wildman–Crippen LogP) is 2.49. The molecule has 2 amide bonds. The van der Waals surface area contributed by atoms with Gasteiger partial charge in [0.15, 0.2) is 0 Å². The summed E-state index contributed by atoms with van der Waals surface area (Å²) in [6.45, 7) is 5.24. The fourth-order valence-electron chi connectivity index (χ4n) is 2.92. The number of carbonyl (C=O) groups excluding carboxylic acids is 1. The molecular weight excluding hydrogens is 316 g/mol. The zero-order valence-corrected chi connectivity index (χ0v) is 14.4. The van der Waals surface area contributed by atoms with Gasteiger partial charge in [-0.15, -0.1) is 0 Å². The number of hydrogen-bond donors (Lipinski definition) is 2. The van der Waals surface area contributed by atoms with Crippen molar-refractivity contribution in [2.45, 2.75) is 25.6 Å². The molecule has 0 aliphatic carbocycles. The van der Waals surface area contributed by atoms with Crippen molar-refractivity contribution in [3.8, 4) is 0 Å². The summed E-state index contributed by atoms with van der Waals surface area (Å²) in [5.74, 6) is 0. The van der Waals surface area contributed by atoms with Crippen LogP contribution >= 0.6 is 0 Å². The standard InChI is InChI=1S/C19H24N4O2/c1-15(21-19(24)22-17-8-5-9-20-12-17)18-14-23(10-11-25-18)13-16-6-3-2-4-7-16/h2-9,12,15,18H,10-11,13-14H2,1H3,(H2,21,22,24)/t15-,18-/m0/s1. The van der Waals surface area contributed by atoms with E-state index in [2.05, 4.69) is 44.8 Å². The molecule has 132 valence electrons. The van der Waals surface area contributed by atoms with Crippen molar-refractivity contribution >= 4 is 11.7 Å². The van der Waals surface area contributed by atoms with Gasteiger partial charge in [-0.3, -0.25) is 9.88 Å². The molecule has 6 heteroatoms. The Bertz CT molecular complexity index is 666. The van der Waals surface area contributed by atoms with Crippen molar-refractivity contribution in [1.29, 1.82) is 0 Å². The van der Waals surface area contributed by atoms with Crippen LogP contribution in [0.25, 0.3) is 0 Å². The number of benzene rings is 1. The van der Waals surface area contributed by atoms with Crippen molar-refractivity contribution < 1.29 is 9.53 Å². The highest BCUT2D eigenvalue weighted by atomic mass is 16.5. The van der Waals surface area contributed by atoms with Gasteiger partial charge in [0.25, 0.3) is 0 Å². The topological polar surface area (TPSA) is 66.5 Å². The number of carbonyl (C=O) groups is 1. The second kappa shape index (κ2) is 8.60. The van der Waals surface area contributed by atoms with E-state index in [4.69, 9.17) is 4.74 Å². The molecule has 1 aromatic heterocycles. The van der Waals surface area contributed by atoms with Crippen LogP contribution in [0.1, 0.15) is 12.5 Å². The summed E-state index contributed by atoms with van der Waals surface area (Å²) >= 11 is 0. The van der Waals surface area contributed by atoms with E-state index in [1.165, 1.54) is 5.56 Å². The van der Waals surface area contributed by atoms with Crippen LogP contribution in [0, 0.1) is 0 Å². The van der Waals surface area contributed by atoms with E-state index < -0.39 is 0 Å². The van der Waals surface area contributed by atoms with Gasteiger partial charge >= 0.3 is 6.03 Å². The third-order valence-corrected chi connectivity index (χ3v) is 4.26. The summed E-state index contributed by atoms with van der Waals surface area (Å²) in [5, 5.41) is 5.73. The van der Waals surface area contributed by atoms with Crippen LogP contribution in [0.15, 0.2) is 54.9 Å². The first-order valence-corrected chi connectivity index (χ1v) is 8.56. The molecule has 2 N–H and O–H groups in total. The number of rotatable bonds is 5. The maximum atomic E-state index is 12.1. The van der Waals surface area contributed by atoms with Gasteiger partial charge in [-0.05, 0) is 24.6 Å². The maximum absolute atomic E-state index is 12.1. The molecule has 1 fully saturated rings. The number of nitrogens with zero attached hydrogens (tertiary/aromatic N) is 2. The fraction of sp³-hybridized carbons (Fsp3) is 0.368. The largest absolute Gasteiger partial charge is 0.373 e. The number of aromatic nitrogens is 1. The van der Waals surface area contributed by atoms with Crippen LogP contribution in [-0.4, -0.2) is 47.8 Å². The van der Waals surface area contributed by atoms with Gasteiger partial charge in [0.1, 0.15) is 0 Å². The van der Waals surface area contributed by atoms with Gasteiger partial charge in [-0.1, -0.05) is 30.3 Å². The Kier molecular flexibility index (Phi) is 5.98. The molecule has 25 heavy (non-hydrogen) atoms. The third-order valence-electron chi connectivity index (χ3n) is 4.26. The summed E-state index contributed by atoms with van der Waals surface area (Å²) < 4.78 is 5.86. The van der Waals surface area contributed by atoms with Gasteiger partial charge in [-0.25, -0.2) is 4.79 Å². The lowest BCUT2D eigenvalue weighted by Crippen LogP contribution is -2.52. The maximum Gasteiger partial charge on any atom is 0.319 e. The number of amides is 2. The van der Waals surface area contributed by atoms with Gasteiger partial charge in [-0.2, -0.15) is 0 Å². The first-order chi connectivity index (χ1) is 12.2. The molecule has 1 saturated heterocycles. The molecule has 1 aliphatic rings. The SMILES string of the molecule is C[C@H](NC(=O)Nc1cccnc1)[C@@H]1CN(Cc2ccccc2)CCO1. The fourth-order valence-corrected chi connectivity index (χ4v) is 2.92. The van der Waals surface area contributed by atoms with Crippen molar-refractivity contribution in [3.63, 3.8) is 0 Å². The molecule has 2 atom stereocenters. The molecule has 2 heterocycles. The van der Waals surface area contributed by atoms with Crippen molar-refractivity contribution in [2.24, 2.45) is 0 Å². The Balaban J connectivity index is 1.49. The van der Waals surface area contributed by atoms with Gasteiger partial charge < -0.3 is 15.4 Å². The highest BCUT2D eigenvalue weighted by Gasteiger charge is 2.26. The third kappa shape index (κ3) is 5.27. The van der Waals surface area contributed by atoms with E-state index in [-0.39, 0.29) is 18.2 Å². The Morgan fingerprint density at radius 2 is 2.16 bits per heavy atom. The summed E-state index contributed by atoms with van der Waals surface area (Å²) in [4.78, 5) is 18.5.